The Morgan fingerprint density at radius 1 is 1.56 bits per heavy atom. The zero-order valence-corrected chi connectivity index (χ0v) is 11.4. The maximum absolute atomic E-state index is 11.6. The van der Waals surface area contributed by atoms with Crippen molar-refractivity contribution in [1.82, 2.24) is 10.3 Å². The van der Waals surface area contributed by atoms with Crippen LogP contribution in [0, 0.1) is 12.8 Å². The molecule has 6 nitrogen and oxygen atoms in total. The number of aromatic nitrogens is 1. The Kier molecular flexibility index (Phi) is 5.08. The molecule has 0 radical (unpaired) electrons. The molecule has 0 spiro atoms. The molecule has 0 aliphatic heterocycles. The first-order valence-electron chi connectivity index (χ1n) is 5.66. The second kappa shape index (κ2) is 6.34. The van der Waals surface area contributed by atoms with Crippen LogP contribution in [0.2, 0.25) is 0 Å². The quantitative estimate of drug-likeness (QED) is 0.764. The summed E-state index contributed by atoms with van der Waals surface area (Å²) < 4.78 is 0. The maximum Gasteiger partial charge on any atom is 0.326 e. The fourth-order valence-electron chi connectivity index (χ4n) is 1.37. The minimum absolute atomic E-state index is 0.133. The fraction of sp³-hybridized carbons (Fsp3) is 0.545. The van der Waals surface area contributed by atoms with Gasteiger partial charge in [0, 0.05) is 5.38 Å². The zero-order chi connectivity index (χ0) is 13.7. The number of carboxylic acid groups (broad SMARTS) is 1. The lowest BCUT2D eigenvalue weighted by molar-refractivity contribution is -0.140. The van der Waals surface area contributed by atoms with E-state index in [0.29, 0.717) is 11.6 Å². The van der Waals surface area contributed by atoms with Crippen LogP contribution in [-0.2, 0) is 4.79 Å². The summed E-state index contributed by atoms with van der Waals surface area (Å²) in [5.74, 6) is -1.17. The van der Waals surface area contributed by atoms with E-state index in [-0.39, 0.29) is 5.92 Å². The summed E-state index contributed by atoms with van der Waals surface area (Å²) in [5.41, 5.74) is 0.812. The lowest BCUT2D eigenvalue weighted by Crippen LogP contribution is -2.46. The monoisotopic (exact) mass is 271 g/mol. The predicted molar refractivity (Wildman–Crippen MR) is 69.9 cm³/mol. The van der Waals surface area contributed by atoms with E-state index in [1.54, 1.807) is 12.3 Å². The minimum atomic E-state index is -1.03. The number of anilines is 1. The van der Waals surface area contributed by atoms with Gasteiger partial charge in [0.05, 0.1) is 5.69 Å². The van der Waals surface area contributed by atoms with Crippen molar-refractivity contribution >= 4 is 28.5 Å². The number of hydrogen-bond donors (Lipinski definition) is 3. The highest BCUT2D eigenvalue weighted by atomic mass is 32.1. The average molecular weight is 271 g/mol. The van der Waals surface area contributed by atoms with Gasteiger partial charge in [-0.05, 0) is 12.8 Å². The Morgan fingerprint density at radius 3 is 2.67 bits per heavy atom. The van der Waals surface area contributed by atoms with Gasteiger partial charge in [-0.3, -0.25) is 5.32 Å². The van der Waals surface area contributed by atoms with Crippen molar-refractivity contribution < 1.29 is 14.7 Å². The van der Waals surface area contributed by atoms with Gasteiger partial charge >= 0.3 is 12.0 Å². The summed E-state index contributed by atoms with van der Waals surface area (Å²) >= 11 is 1.30. The molecule has 100 valence electrons. The van der Waals surface area contributed by atoms with E-state index >= 15 is 0 Å². The third-order valence-corrected chi connectivity index (χ3v) is 3.48. The second-order valence-electron chi connectivity index (χ2n) is 4.09. The number of aryl methyl sites for hydroxylation is 1. The summed E-state index contributed by atoms with van der Waals surface area (Å²) in [5, 5.41) is 16.3. The van der Waals surface area contributed by atoms with Gasteiger partial charge in [-0.1, -0.05) is 20.3 Å². The van der Waals surface area contributed by atoms with Crippen LogP contribution in [-0.4, -0.2) is 28.1 Å². The van der Waals surface area contributed by atoms with Crippen LogP contribution in [0.3, 0.4) is 0 Å². The summed E-state index contributed by atoms with van der Waals surface area (Å²) in [4.78, 5) is 26.7. The van der Waals surface area contributed by atoms with Crippen molar-refractivity contribution in [2.45, 2.75) is 33.2 Å². The Balaban J connectivity index is 2.59. The third-order valence-electron chi connectivity index (χ3n) is 2.61. The molecule has 0 saturated carbocycles. The van der Waals surface area contributed by atoms with E-state index in [1.807, 2.05) is 13.8 Å². The first-order chi connectivity index (χ1) is 8.43. The number of nitrogens with one attached hydrogen (secondary N) is 2. The number of amides is 2. The standard InChI is InChI=1S/C11H17N3O3S/c1-4-6(2)8(9(15)16)13-10(17)14-11-12-7(3)5-18-11/h5-6,8H,4H2,1-3H3,(H,15,16)(H2,12,13,14,17)/t6-,8-/m0/s1. The molecule has 0 saturated heterocycles. The molecule has 0 aliphatic rings. The number of rotatable bonds is 5. The number of nitrogens with zero attached hydrogens (tertiary/aromatic N) is 1. The minimum Gasteiger partial charge on any atom is -0.480 e. The molecule has 0 fully saturated rings. The lowest BCUT2D eigenvalue weighted by atomic mass is 10.00. The molecule has 1 rings (SSSR count). The number of carboxylic acids is 1. The molecule has 7 heteroatoms. The van der Waals surface area contributed by atoms with Gasteiger partial charge in [-0.25, -0.2) is 14.6 Å². The lowest BCUT2D eigenvalue weighted by Gasteiger charge is -2.19. The normalized spacial score (nSPS) is 13.7. The van der Waals surface area contributed by atoms with Crippen molar-refractivity contribution in [1.29, 1.82) is 0 Å². The van der Waals surface area contributed by atoms with Crippen molar-refractivity contribution in [2.75, 3.05) is 5.32 Å². The smallest absolute Gasteiger partial charge is 0.326 e. The average Bonchev–Trinajstić information content (AvgIpc) is 2.70. The number of hydrogen-bond acceptors (Lipinski definition) is 4. The molecular weight excluding hydrogens is 254 g/mol. The van der Waals surface area contributed by atoms with Crippen LogP contribution in [0.15, 0.2) is 5.38 Å². The van der Waals surface area contributed by atoms with Gasteiger partial charge in [0.2, 0.25) is 0 Å². The van der Waals surface area contributed by atoms with Crippen LogP contribution in [0.25, 0.3) is 0 Å². The van der Waals surface area contributed by atoms with Gasteiger partial charge in [-0.2, -0.15) is 0 Å². The molecule has 0 aromatic carbocycles. The molecule has 1 heterocycles. The topological polar surface area (TPSA) is 91.3 Å². The van der Waals surface area contributed by atoms with E-state index < -0.39 is 18.0 Å². The molecule has 0 aliphatic carbocycles. The van der Waals surface area contributed by atoms with E-state index in [0.717, 1.165) is 5.69 Å². The Bertz CT molecular complexity index is 433. The van der Waals surface area contributed by atoms with Crippen LogP contribution in [0.1, 0.15) is 26.0 Å². The van der Waals surface area contributed by atoms with Gasteiger partial charge < -0.3 is 10.4 Å². The second-order valence-corrected chi connectivity index (χ2v) is 4.95. The zero-order valence-electron chi connectivity index (χ0n) is 10.6. The number of carbonyl (C=O) groups excluding carboxylic acids is 1. The molecule has 0 unspecified atom stereocenters. The van der Waals surface area contributed by atoms with Crippen LogP contribution in [0.5, 0.6) is 0 Å². The highest BCUT2D eigenvalue weighted by Gasteiger charge is 2.25. The molecule has 2 amide bonds. The number of thiazole rings is 1. The highest BCUT2D eigenvalue weighted by Crippen LogP contribution is 2.14. The number of carbonyl (C=O) groups is 2. The summed E-state index contributed by atoms with van der Waals surface area (Å²) in [6.45, 7) is 5.48. The molecular formula is C11H17N3O3S. The highest BCUT2D eigenvalue weighted by molar-refractivity contribution is 7.13. The van der Waals surface area contributed by atoms with Crippen molar-refractivity contribution in [3.8, 4) is 0 Å². The Labute approximate surface area is 109 Å². The molecule has 0 bridgehead atoms. The van der Waals surface area contributed by atoms with Gasteiger partial charge in [0.1, 0.15) is 6.04 Å². The molecule has 1 aromatic heterocycles. The largest absolute Gasteiger partial charge is 0.480 e. The third kappa shape index (κ3) is 3.99. The van der Waals surface area contributed by atoms with Gasteiger partial charge in [0.25, 0.3) is 0 Å². The molecule has 1 aromatic rings. The van der Waals surface area contributed by atoms with Crippen LogP contribution >= 0.6 is 11.3 Å². The Hall–Kier alpha value is -1.63. The first-order valence-corrected chi connectivity index (χ1v) is 6.54. The van der Waals surface area contributed by atoms with Gasteiger partial charge in [0.15, 0.2) is 5.13 Å². The van der Waals surface area contributed by atoms with E-state index in [2.05, 4.69) is 15.6 Å². The molecule has 3 N–H and O–H groups in total. The number of aliphatic carboxylic acids is 1. The van der Waals surface area contributed by atoms with E-state index in [9.17, 15) is 9.59 Å². The summed E-state index contributed by atoms with van der Waals surface area (Å²) in [6, 6.07) is -1.44. The SMILES string of the molecule is CC[C@H](C)[C@H](NC(=O)Nc1nc(C)cs1)C(=O)O. The van der Waals surface area contributed by atoms with Crippen LogP contribution in [0.4, 0.5) is 9.93 Å². The summed E-state index contributed by atoms with van der Waals surface area (Å²) in [6.07, 6.45) is 0.674. The first kappa shape index (κ1) is 14.4. The van der Waals surface area contributed by atoms with Crippen molar-refractivity contribution in [2.24, 2.45) is 5.92 Å². The Morgan fingerprint density at radius 2 is 2.22 bits per heavy atom. The van der Waals surface area contributed by atoms with E-state index in [1.165, 1.54) is 11.3 Å². The van der Waals surface area contributed by atoms with Gasteiger partial charge in [-0.15, -0.1) is 11.3 Å². The van der Waals surface area contributed by atoms with Crippen molar-refractivity contribution in [3.63, 3.8) is 0 Å². The fourth-order valence-corrected chi connectivity index (χ4v) is 2.05. The number of urea groups is 1. The maximum atomic E-state index is 11.6. The molecule has 18 heavy (non-hydrogen) atoms. The van der Waals surface area contributed by atoms with Crippen LogP contribution < -0.4 is 10.6 Å². The summed E-state index contributed by atoms with van der Waals surface area (Å²) in [7, 11) is 0. The molecule has 2 atom stereocenters. The van der Waals surface area contributed by atoms with E-state index in [4.69, 9.17) is 5.11 Å². The predicted octanol–water partition coefficient (Wildman–Crippen LogP) is 2.07. The van der Waals surface area contributed by atoms with Crippen molar-refractivity contribution in [3.05, 3.63) is 11.1 Å².